The van der Waals surface area contributed by atoms with E-state index < -0.39 is 21.7 Å². The third kappa shape index (κ3) is 4.61. The third-order valence-corrected chi connectivity index (χ3v) is 8.50. The van der Waals surface area contributed by atoms with E-state index in [9.17, 15) is 22.7 Å². The largest absolute Gasteiger partial charge is 0.465 e. The van der Waals surface area contributed by atoms with Gasteiger partial charge in [-0.2, -0.15) is 0 Å². The maximum absolute atomic E-state index is 14.1. The Labute approximate surface area is 205 Å². The molecule has 7 nitrogen and oxygen atoms in total. The van der Waals surface area contributed by atoms with E-state index in [1.54, 1.807) is 30.5 Å². The molecule has 1 aromatic heterocycles. The van der Waals surface area contributed by atoms with Crippen molar-refractivity contribution >= 4 is 32.5 Å². The SMILES string of the molecule is CC(C)n1cc(S(=O)(=O)c2cccc(N3CCN(C(=O)O)C(C(C)(C)C)C3)c2)c2cc(F)ccc21. The first-order chi connectivity index (χ1) is 16.3. The molecule has 1 amide bonds. The molecule has 0 aliphatic carbocycles. The molecule has 1 fully saturated rings. The van der Waals surface area contributed by atoms with Gasteiger partial charge in [0.05, 0.1) is 15.8 Å². The van der Waals surface area contributed by atoms with Crippen molar-refractivity contribution in [3.8, 4) is 0 Å². The van der Waals surface area contributed by atoms with E-state index in [2.05, 4.69) is 0 Å². The van der Waals surface area contributed by atoms with Gasteiger partial charge in [0.15, 0.2) is 0 Å². The van der Waals surface area contributed by atoms with Gasteiger partial charge in [-0.25, -0.2) is 17.6 Å². The van der Waals surface area contributed by atoms with Crippen LogP contribution in [0.5, 0.6) is 0 Å². The maximum atomic E-state index is 14.1. The zero-order valence-electron chi connectivity index (χ0n) is 20.7. The lowest BCUT2D eigenvalue weighted by atomic mass is 9.84. The number of aromatic nitrogens is 1. The van der Waals surface area contributed by atoms with Crippen LogP contribution in [0.15, 0.2) is 58.5 Å². The number of amides is 1. The minimum absolute atomic E-state index is 0.00175. The lowest BCUT2D eigenvalue weighted by molar-refractivity contribution is 0.0748. The van der Waals surface area contributed by atoms with Crippen molar-refractivity contribution in [1.82, 2.24) is 9.47 Å². The third-order valence-electron chi connectivity index (χ3n) is 6.72. The Balaban J connectivity index is 1.74. The Kier molecular flexibility index (Phi) is 6.34. The van der Waals surface area contributed by atoms with Crippen molar-refractivity contribution in [1.29, 1.82) is 0 Å². The molecule has 2 heterocycles. The van der Waals surface area contributed by atoms with Crippen molar-refractivity contribution in [3.63, 3.8) is 0 Å². The molecular weight excluding hydrogens is 469 g/mol. The summed E-state index contributed by atoms with van der Waals surface area (Å²) in [5.74, 6) is -0.492. The van der Waals surface area contributed by atoms with Crippen molar-refractivity contribution in [2.45, 2.75) is 56.5 Å². The van der Waals surface area contributed by atoms with Crippen LogP contribution in [-0.2, 0) is 9.84 Å². The average molecular weight is 502 g/mol. The number of halogens is 1. The normalized spacial score (nSPS) is 17.4. The fourth-order valence-corrected chi connectivity index (χ4v) is 6.29. The lowest BCUT2D eigenvalue weighted by Gasteiger charge is -2.46. The number of carbonyl (C=O) groups is 1. The van der Waals surface area contributed by atoms with E-state index in [-0.39, 0.29) is 27.3 Å². The molecule has 3 aromatic rings. The van der Waals surface area contributed by atoms with E-state index in [4.69, 9.17) is 0 Å². The minimum Gasteiger partial charge on any atom is -0.465 e. The summed E-state index contributed by atoms with van der Waals surface area (Å²) < 4.78 is 43.4. The predicted octanol–water partition coefficient (Wildman–Crippen LogP) is 5.41. The highest BCUT2D eigenvalue weighted by molar-refractivity contribution is 7.91. The van der Waals surface area contributed by atoms with Gasteiger partial charge in [0.1, 0.15) is 5.82 Å². The predicted molar refractivity (Wildman–Crippen MR) is 134 cm³/mol. The van der Waals surface area contributed by atoms with Crippen LogP contribution in [0.2, 0.25) is 0 Å². The average Bonchev–Trinajstić information content (AvgIpc) is 3.18. The Morgan fingerprint density at radius 3 is 2.46 bits per heavy atom. The molecule has 1 N–H and O–H groups in total. The summed E-state index contributed by atoms with van der Waals surface area (Å²) in [6, 6.07) is 10.7. The van der Waals surface area contributed by atoms with E-state index in [1.165, 1.54) is 17.0 Å². The summed E-state index contributed by atoms with van der Waals surface area (Å²) >= 11 is 0. The van der Waals surface area contributed by atoms with Crippen LogP contribution < -0.4 is 4.90 Å². The van der Waals surface area contributed by atoms with Gasteiger partial charge in [0.25, 0.3) is 0 Å². The summed E-state index contributed by atoms with van der Waals surface area (Å²) in [6.45, 7) is 11.1. The van der Waals surface area contributed by atoms with Crippen molar-refractivity contribution in [2.75, 3.05) is 24.5 Å². The second kappa shape index (κ2) is 8.86. The number of fused-ring (bicyclic) bond motifs is 1. The monoisotopic (exact) mass is 501 g/mol. The number of hydrogen-bond acceptors (Lipinski definition) is 4. The number of nitrogens with zero attached hydrogens (tertiary/aromatic N) is 3. The van der Waals surface area contributed by atoms with Gasteiger partial charge in [0, 0.05) is 48.5 Å². The van der Waals surface area contributed by atoms with Gasteiger partial charge in [-0.15, -0.1) is 0 Å². The summed E-state index contributed by atoms with van der Waals surface area (Å²) in [7, 11) is -3.94. The molecule has 1 unspecified atom stereocenters. The van der Waals surface area contributed by atoms with Crippen LogP contribution in [0.4, 0.5) is 14.9 Å². The number of benzene rings is 2. The lowest BCUT2D eigenvalue weighted by Crippen LogP contribution is -2.59. The van der Waals surface area contributed by atoms with Gasteiger partial charge in [-0.3, -0.25) is 0 Å². The first-order valence-electron chi connectivity index (χ1n) is 11.7. The van der Waals surface area contributed by atoms with Crippen molar-refractivity contribution in [2.24, 2.45) is 5.41 Å². The van der Waals surface area contributed by atoms with Gasteiger partial charge in [-0.1, -0.05) is 26.8 Å². The highest BCUT2D eigenvalue weighted by Crippen LogP contribution is 2.35. The number of rotatable bonds is 4. The van der Waals surface area contributed by atoms with Crippen LogP contribution >= 0.6 is 0 Å². The Morgan fingerprint density at radius 1 is 1.11 bits per heavy atom. The smallest absolute Gasteiger partial charge is 0.407 e. The molecule has 0 bridgehead atoms. The zero-order valence-corrected chi connectivity index (χ0v) is 21.5. The number of sulfone groups is 1. The fraction of sp³-hybridized carbons (Fsp3) is 0.423. The van der Waals surface area contributed by atoms with Gasteiger partial charge < -0.3 is 19.5 Å². The zero-order chi connectivity index (χ0) is 25.7. The standard InChI is InChI=1S/C26H32FN3O4S/c1-17(2)30-15-23(21-13-18(27)9-10-22(21)30)35(33,34)20-8-6-7-19(14-20)28-11-12-29(25(31)32)24(16-28)26(3,4)5/h6-10,13-15,17,24H,11-12,16H2,1-5H3,(H,31,32). The minimum atomic E-state index is -3.94. The molecular formula is C26H32FN3O4S. The van der Waals surface area contributed by atoms with Gasteiger partial charge in [0.2, 0.25) is 9.84 Å². The molecule has 0 saturated carbocycles. The first-order valence-corrected chi connectivity index (χ1v) is 13.2. The van der Waals surface area contributed by atoms with Gasteiger partial charge >= 0.3 is 6.09 Å². The number of hydrogen-bond donors (Lipinski definition) is 1. The number of anilines is 1. The Hall–Kier alpha value is -3.07. The molecule has 4 rings (SSSR count). The van der Waals surface area contributed by atoms with Crippen molar-refractivity contribution < 1.29 is 22.7 Å². The Bertz CT molecular complexity index is 1370. The van der Waals surface area contributed by atoms with Crippen LogP contribution in [-0.4, -0.2) is 54.8 Å². The van der Waals surface area contributed by atoms with Gasteiger partial charge in [-0.05, 0) is 55.7 Å². The van der Waals surface area contributed by atoms with Crippen LogP contribution in [0, 0.1) is 11.2 Å². The molecule has 1 atom stereocenters. The van der Waals surface area contributed by atoms with Crippen LogP contribution in [0.1, 0.15) is 40.7 Å². The van der Waals surface area contributed by atoms with Crippen LogP contribution in [0.25, 0.3) is 10.9 Å². The van der Waals surface area contributed by atoms with E-state index >= 15 is 0 Å². The molecule has 0 radical (unpaired) electrons. The molecule has 1 aliphatic rings. The van der Waals surface area contributed by atoms with E-state index in [0.29, 0.717) is 36.2 Å². The highest BCUT2D eigenvalue weighted by atomic mass is 32.2. The quantitative estimate of drug-likeness (QED) is 0.517. The van der Waals surface area contributed by atoms with Crippen LogP contribution in [0.3, 0.4) is 0 Å². The molecule has 2 aromatic carbocycles. The second-order valence-corrected chi connectivity index (χ2v) is 12.4. The second-order valence-electron chi connectivity index (χ2n) is 10.5. The number of carboxylic acid groups (broad SMARTS) is 1. The van der Waals surface area contributed by atoms with Crippen molar-refractivity contribution in [3.05, 3.63) is 54.5 Å². The number of piperazine rings is 1. The topological polar surface area (TPSA) is 82.9 Å². The summed E-state index contributed by atoms with van der Waals surface area (Å²) in [5.41, 5.74) is 1.09. The highest BCUT2D eigenvalue weighted by Gasteiger charge is 2.38. The molecule has 0 spiro atoms. The summed E-state index contributed by atoms with van der Waals surface area (Å²) in [6.07, 6.45) is 0.632. The summed E-state index contributed by atoms with van der Waals surface area (Å²) in [4.78, 5) is 15.5. The molecule has 9 heteroatoms. The molecule has 1 saturated heterocycles. The molecule has 35 heavy (non-hydrogen) atoms. The van der Waals surface area contributed by atoms with E-state index in [1.807, 2.05) is 50.2 Å². The fourth-order valence-electron chi connectivity index (χ4n) is 4.80. The maximum Gasteiger partial charge on any atom is 0.407 e. The molecule has 188 valence electrons. The Morgan fingerprint density at radius 2 is 1.83 bits per heavy atom. The first kappa shape index (κ1) is 25.0. The molecule has 1 aliphatic heterocycles. The van der Waals surface area contributed by atoms with E-state index in [0.717, 1.165) is 0 Å². The summed E-state index contributed by atoms with van der Waals surface area (Å²) in [5, 5.41) is 10.0.